The molecule has 76 valence electrons. The SMILES string of the molecule is Oc1cccc(C2(c3ccn[nH]3)CC2)c1. The van der Waals surface area contributed by atoms with Crippen molar-refractivity contribution in [1.82, 2.24) is 10.2 Å². The summed E-state index contributed by atoms with van der Waals surface area (Å²) in [6, 6.07) is 9.51. The van der Waals surface area contributed by atoms with E-state index in [1.165, 1.54) is 5.56 Å². The third-order valence-electron chi connectivity index (χ3n) is 3.17. The van der Waals surface area contributed by atoms with E-state index in [0.717, 1.165) is 18.5 Å². The van der Waals surface area contributed by atoms with E-state index in [9.17, 15) is 5.11 Å². The van der Waals surface area contributed by atoms with Crippen LogP contribution in [0.25, 0.3) is 0 Å². The number of aromatic nitrogens is 2. The van der Waals surface area contributed by atoms with Gasteiger partial charge in [0.1, 0.15) is 5.75 Å². The molecule has 3 nitrogen and oxygen atoms in total. The van der Waals surface area contributed by atoms with E-state index in [2.05, 4.69) is 16.3 Å². The molecule has 0 aliphatic heterocycles. The molecule has 0 radical (unpaired) electrons. The lowest BCUT2D eigenvalue weighted by Crippen LogP contribution is -2.08. The molecule has 1 saturated carbocycles. The number of aromatic amines is 1. The zero-order valence-electron chi connectivity index (χ0n) is 8.27. The summed E-state index contributed by atoms with van der Waals surface area (Å²) in [6.45, 7) is 0. The molecular weight excluding hydrogens is 188 g/mol. The van der Waals surface area contributed by atoms with Gasteiger partial charge in [-0.05, 0) is 36.6 Å². The fraction of sp³-hybridized carbons (Fsp3) is 0.250. The van der Waals surface area contributed by atoms with Gasteiger partial charge in [-0.1, -0.05) is 12.1 Å². The Morgan fingerprint density at radius 1 is 1.27 bits per heavy atom. The van der Waals surface area contributed by atoms with Crippen LogP contribution < -0.4 is 0 Å². The van der Waals surface area contributed by atoms with Crippen molar-refractivity contribution in [3.05, 3.63) is 47.8 Å². The lowest BCUT2D eigenvalue weighted by atomic mass is 9.92. The number of aromatic hydroxyl groups is 1. The summed E-state index contributed by atoms with van der Waals surface area (Å²) in [5, 5.41) is 16.5. The summed E-state index contributed by atoms with van der Waals surface area (Å²) in [7, 11) is 0. The van der Waals surface area contributed by atoms with Crippen molar-refractivity contribution in [3.63, 3.8) is 0 Å². The second-order valence-corrected chi connectivity index (χ2v) is 4.10. The molecule has 0 amide bonds. The van der Waals surface area contributed by atoms with E-state index < -0.39 is 0 Å². The summed E-state index contributed by atoms with van der Waals surface area (Å²) in [4.78, 5) is 0. The maximum absolute atomic E-state index is 9.48. The molecule has 15 heavy (non-hydrogen) atoms. The molecule has 3 rings (SSSR count). The Kier molecular flexibility index (Phi) is 1.63. The van der Waals surface area contributed by atoms with Crippen LogP contribution in [0.3, 0.4) is 0 Å². The van der Waals surface area contributed by atoms with Crippen molar-refractivity contribution in [2.24, 2.45) is 0 Å². The molecule has 1 aromatic carbocycles. The molecule has 2 N–H and O–H groups in total. The summed E-state index contributed by atoms with van der Waals surface area (Å²) in [5.74, 6) is 0.332. The number of H-pyrrole nitrogens is 1. The van der Waals surface area contributed by atoms with Gasteiger partial charge in [0.15, 0.2) is 0 Å². The normalized spacial score (nSPS) is 17.6. The number of hydrogen-bond acceptors (Lipinski definition) is 2. The number of hydrogen-bond donors (Lipinski definition) is 2. The lowest BCUT2D eigenvalue weighted by molar-refractivity contribution is 0.474. The van der Waals surface area contributed by atoms with Crippen LogP contribution in [0.1, 0.15) is 24.1 Å². The maximum atomic E-state index is 9.48. The molecule has 0 saturated heterocycles. The van der Waals surface area contributed by atoms with Gasteiger partial charge in [-0.25, -0.2) is 0 Å². The molecule has 0 bridgehead atoms. The molecular formula is C12H12N2O. The van der Waals surface area contributed by atoms with Crippen molar-refractivity contribution in [3.8, 4) is 5.75 Å². The molecule has 0 atom stereocenters. The van der Waals surface area contributed by atoms with Crippen LogP contribution in [-0.2, 0) is 5.41 Å². The predicted molar refractivity (Wildman–Crippen MR) is 56.7 cm³/mol. The highest BCUT2D eigenvalue weighted by molar-refractivity contribution is 5.44. The highest BCUT2D eigenvalue weighted by atomic mass is 16.3. The Morgan fingerprint density at radius 3 is 2.73 bits per heavy atom. The minimum absolute atomic E-state index is 0.0786. The Bertz CT molecular complexity index is 472. The van der Waals surface area contributed by atoms with Crippen molar-refractivity contribution in [2.45, 2.75) is 18.3 Å². The van der Waals surface area contributed by atoms with Crippen LogP contribution in [-0.4, -0.2) is 15.3 Å². The first-order chi connectivity index (χ1) is 7.31. The molecule has 1 aliphatic carbocycles. The first-order valence-electron chi connectivity index (χ1n) is 5.11. The first kappa shape index (κ1) is 8.53. The molecule has 3 heteroatoms. The zero-order valence-corrected chi connectivity index (χ0v) is 8.27. The smallest absolute Gasteiger partial charge is 0.115 e. The standard InChI is InChI=1S/C12H12N2O/c15-10-3-1-2-9(8-10)12(5-6-12)11-4-7-13-14-11/h1-4,7-8,15H,5-6H2,(H,13,14). The van der Waals surface area contributed by atoms with Gasteiger partial charge in [0, 0.05) is 17.3 Å². The van der Waals surface area contributed by atoms with Crippen LogP contribution in [0.15, 0.2) is 36.5 Å². The van der Waals surface area contributed by atoms with Crippen LogP contribution in [0, 0.1) is 0 Å². The van der Waals surface area contributed by atoms with Gasteiger partial charge in [-0.3, -0.25) is 5.10 Å². The molecule has 0 spiro atoms. The van der Waals surface area contributed by atoms with Crippen molar-refractivity contribution < 1.29 is 5.11 Å². The average molecular weight is 200 g/mol. The molecule has 1 fully saturated rings. The third kappa shape index (κ3) is 1.23. The number of rotatable bonds is 2. The van der Waals surface area contributed by atoms with E-state index in [-0.39, 0.29) is 5.41 Å². The van der Waals surface area contributed by atoms with Gasteiger partial charge in [-0.15, -0.1) is 0 Å². The molecule has 1 heterocycles. The molecule has 2 aromatic rings. The molecule has 1 aromatic heterocycles. The predicted octanol–water partition coefficient (Wildman–Crippen LogP) is 2.20. The second kappa shape index (κ2) is 2.86. The monoisotopic (exact) mass is 200 g/mol. The van der Waals surface area contributed by atoms with Crippen molar-refractivity contribution in [1.29, 1.82) is 0 Å². The molecule has 0 unspecified atom stereocenters. The number of benzene rings is 1. The topological polar surface area (TPSA) is 48.9 Å². The maximum Gasteiger partial charge on any atom is 0.115 e. The number of phenolic OH excluding ortho intramolecular Hbond substituents is 1. The van der Waals surface area contributed by atoms with Gasteiger partial charge < -0.3 is 5.11 Å². The average Bonchev–Trinajstić information content (AvgIpc) is 2.87. The number of phenols is 1. The van der Waals surface area contributed by atoms with Crippen LogP contribution in [0.5, 0.6) is 5.75 Å². The van der Waals surface area contributed by atoms with Gasteiger partial charge in [0.25, 0.3) is 0 Å². The number of nitrogens with one attached hydrogen (secondary N) is 1. The third-order valence-corrected chi connectivity index (χ3v) is 3.17. The zero-order chi connectivity index (χ0) is 10.3. The highest BCUT2D eigenvalue weighted by Gasteiger charge is 2.47. The van der Waals surface area contributed by atoms with E-state index in [1.54, 1.807) is 12.3 Å². The van der Waals surface area contributed by atoms with Gasteiger partial charge in [0.05, 0.1) is 0 Å². The largest absolute Gasteiger partial charge is 0.508 e. The second-order valence-electron chi connectivity index (χ2n) is 4.10. The lowest BCUT2D eigenvalue weighted by Gasteiger charge is -2.13. The number of nitrogens with zero attached hydrogens (tertiary/aromatic N) is 1. The minimum Gasteiger partial charge on any atom is -0.508 e. The van der Waals surface area contributed by atoms with Gasteiger partial charge >= 0.3 is 0 Å². The van der Waals surface area contributed by atoms with Gasteiger partial charge in [0.2, 0.25) is 0 Å². The van der Waals surface area contributed by atoms with Crippen LogP contribution >= 0.6 is 0 Å². The fourth-order valence-electron chi connectivity index (χ4n) is 2.16. The van der Waals surface area contributed by atoms with E-state index >= 15 is 0 Å². The Hall–Kier alpha value is -1.77. The fourth-order valence-corrected chi connectivity index (χ4v) is 2.16. The van der Waals surface area contributed by atoms with Crippen LogP contribution in [0.4, 0.5) is 0 Å². The van der Waals surface area contributed by atoms with Gasteiger partial charge in [-0.2, -0.15) is 5.10 Å². The Morgan fingerprint density at radius 2 is 2.13 bits per heavy atom. The Balaban J connectivity index is 2.07. The van der Waals surface area contributed by atoms with E-state index in [4.69, 9.17) is 0 Å². The summed E-state index contributed by atoms with van der Waals surface area (Å²) >= 11 is 0. The van der Waals surface area contributed by atoms with Crippen molar-refractivity contribution in [2.75, 3.05) is 0 Å². The van der Waals surface area contributed by atoms with E-state index in [1.807, 2.05) is 18.2 Å². The quantitative estimate of drug-likeness (QED) is 0.780. The summed E-state index contributed by atoms with van der Waals surface area (Å²) in [5.41, 5.74) is 2.40. The van der Waals surface area contributed by atoms with E-state index in [0.29, 0.717) is 5.75 Å². The minimum atomic E-state index is 0.0786. The molecule has 1 aliphatic rings. The summed E-state index contributed by atoms with van der Waals surface area (Å²) in [6.07, 6.45) is 4.02. The Labute approximate surface area is 87.8 Å². The highest BCUT2D eigenvalue weighted by Crippen LogP contribution is 2.53. The van der Waals surface area contributed by atoms with Crippen LogP contribution in [0.2, 0.25) is 0 Å². The van der Waals surface area contributed by atoms with Crippen molar-refractivity contribution >= 4 is 0 Å². The summed E-state index contributed by atoms with van der Waals surface area (Å²) < 4.78 is 0. The first-order valence-corrected chi connectivity index (χ1v) is 5.11.